The van der Waals surface area contributed by atoms with Crippen molar-refractivity contribution in [1.82, 2.24) is 5.01 Å². The average Bonchev–Trinajstić information content (AvgIpc) is 2.87. The van der Waals surface area contributed by atoms with Crippen LogP contribution in [0.5, 0.6) is 0 Å². The summed E-state index contributed by atoms with van der Waals surface area (Å²) in [6.07, 6.45) is -5.36. The van der Waals surface area contributed by atoms with Crippen molar-refractivity contribution in [2.24, 2.45) is 5.10 Å². The van der Waals surface area contributed by atoms with Crippen molar-refractivity contribution >= 4 is 39.1 Å². The van der Waals surface area contributed by atoms with Gasteiger partial charge < -0.3 is 10.4 Å². The summed E-state index contributed by atoms with van der Waals surface area (Å²) in [5, 5.41) is 15.5. The minimum Gasteiger partial charge on any atom is -0.362 e. The zero-order chi connectivity index (χ0) is 18.8. The fourth-order valence-electron chi connectivity index (χ4n) is 2.29. The van der Waals surface area contributed by atoms with Crippen molar-refractivity contribution in [3.63, 3.8) is 0 Å². The van der Waals surface area contributed by atoms with E-state index in [-0.39, 0.29) is 22.8 Å². The molecule has 6 nitrogen and oxygen atoms in total. The SMILES string of the molecule is CCCC1=NN(C(=O)C(=O)Nc2ccc(Br)cc2)[C@](O)(C(F)(F)F)C1. The molecule has 136 valence electrons. The van der Waals surface area contributed by atoms with Gasteiger partial charge in [0.2, 0.25) is 0 Å². The zero-order valence-electron chi connectivity index (χ0n) is 13.1. The highest BCUT2D eigenvalue weighted by Crippen LogP contribution is 2.40. The van der Waals surface area contributed by atoms with E-state index in [0.29, 0.717) is 6.42 Å². The second-order valence-electron chi connectivity index (χ2n) is 5.49. The highest BCUT2D eigenvalue weighted by atomic mass is 79.9. The van der Waals surface area contributed by atoms with E-state index in [0.717, 1.165) is 4.47 Å². The predicted molar refractivity (Wildman–Crippen MR) is 87.6 cm³/mol. The fraction of sp³-hybridized carbons (Fsp3) is 0.400. The molecule has 1 aromatic rings. The molecule has 0 aromatic heterocycles. The molecule has 1 aliphatic heterocycles. The number of hydrazone groups is 1. The first-order valence-corrected chi connectivity index (χ1v) is 8.14. The Morgan fingerprint density at radius 3 is 2.48 bits per heavy atom. The molecule has 2 N–H and O–H groups in total. The molecule has 0 saturated carbocycles. The van der Waals surface area contributed by atoms with Gasteiger partial charge in [-0.15, -0.1) is 0 Å². The molecule has 10 heteroatoms. The molecule has 2 rings (SSSR count). The van der Waals surface area contributed by atoms with Gasteiger partial charge in [-0.1, -0.05) is 29.3 Å². The van der Waals surface area contributed by atoms with Gasteiger partial charge in [0.05, 0.1) is 0 Å². The van der Waals surface area contributed by atoms with Gasteiger partial charge in [-0.05, 0) is 30.7 Å². The van der Waals surface area contributed by atoms with E-state index in [4.69, 9.17) is 0 Å². The van der Waals surface area contributed by atoms with Gasteiger partial charge in [-0.3, -0.25) is 9.59 Å². The van der Waals surface area contributed by atoms with Crippen LogP contribution in [-0.2, 0) is 9.59 Å². The zero-order valence-corrected chi connectivity index (χ0v) is 14.7. The lowest BCUT2D eigenvalue weighted by atomic mass is 10.0. The minimum atomic E-state index is -5.15. The molecule has 25 heavy (non-hydrogen) atoms. The largest absolute Gasteiger partial charge is 0.438 e. The number of anilines is 1. The Morgan fingerprint density at radius 1 is 1.36 bits per heavy atom. The number of carbonyl (C=O) groups excluding carboxylic acids is 2. The smallest absolute Gasteiger partial charge is 0.362 e. The van der Waals surface area contributed by atoms with Crippen LogP contribution < -0.4 is 5.32 Å². The van der Waals surface area contributed by atoms with Crippen molar-refractivity contribution < 1.29 is 27.9 Å². The molecule has 0 unspecified atom stereocenters. The lowest BCUT2D eigenvalue weighted by molar-refractivity contribution is -0.301. The maximum Gasteiger partial charge on any atom is 0.438 e. The highest BCUT2D eigenvalue weighted by molar-refractivity contribution is 9.10. The molecule has 0 bridgehead atoms. The van der Waals surface area contributed by atoms with Gasteiger partial charge in [-0.2, -0.15) is 23.3 Å². The summed E-state index contributed by atoms with van der Waals surface area (Å²) in [4.78, 5) is 24.2. The molecule has 2 amide bonds. The van der Waals surface area contributed by atoms with E-state index in [1.165, 1.54) is 12.1 Å². The van der Waals surface area contributed by atoms with Crippen molar-refractivity contribution in [1.29, 1.82) is 0 Å². The van der Waals surface area contributed by atoms with Crippen LogP contribution >= 0.6 is 15.9 Å². The number of nitrogens with one attached hydrogen (secondary N) is 1. The van der Waals surface area contributed by atoms with Crippen LogP contribution in [0.2, 0.25) is 0 Å². The molecule has 1 heterocycles. The summed E-state index contributed by atoms with van der Waals surface area (Å²) in [7, 11) is 0. The Balaban J connectivity index is 2.24. The van der Waals surface area contributed by atoms with Crippen molar-refractivity contribution in [2.45, 2.75) is 38.1 Å². The summed E-state index contributed by atoms with van der Waals surface area (Å²) in [5.74, 6) is -2.92. The lowest BCUT2D eigenvalue weighted by Gasteiger charge is -2.32. The number of amides is 2. The quantitative estimate of drug-likeness (QED) is 0.735. The van der Waals surface area contributed by atoms with Crippen molar-refractivity contribution in [3.8, 4) is 0 Å². The van der Waals surface area contributed by atoms with E-state index < -0.39 is 30.1 Å². The molecular formula is C15H15BrF3N3O3. The third kappa shape index (κ3) is 4.01. The van der Waals surface area contributed by atoms with Gasteiger partial charge in [0.15, 0.2) is 0 Å². The third-order valence-electron chi connectivity index (χ3n) is 3.52. The molecule has 0 aliphatic carbocycles. The van der Waals surface area contributed by atoms with Crippen LogP contribution in [0.4, 0.5) is 18.9 Å². The van der Waals surface area contributed by atoms with Crippen LogP contribution in [-0.4, -0.2) is 39.5 Å². The van der Waals surface area contributed by atoms with Gasteiger partial charge in [0.25, 0.3) is 5.72 Å². The Hall–Kier alpha value is -1.94. The topological polar surface area (TPSA) is 82.0 Å². The Morgan fingerprint density at radius 2 is 1.96 bits per heavy atom. The third-order valence-corrected chi connectivity index (χ3v) is 4.05. The molecular weight excluding hydrogens is 407 g/mol. The number of carbonyl (C=O) groups is 2. The highest BCUT2D eigenvalue weighted by Gasteiger charge is 2.63. The van der Waals surface area contributed by atoms with Crippen LogP contribution in [0, 0.1) is 0 Å². The maximum atomic E-state index is 13.2. The normalized spacial score (nSPS) is 20.4. The molecule has 0 fully saturated rings. The van der Waals surface area contributed by atoms with Crippen LogP contribution in [0.3, 0.4) is 0 Å². The summed E-state index contributed by atoms with van der Waals surface area (Å²) in [6, 6.07) is 6.08. The standard InChI is InChI=1S/C15H15BrF3N3O3/c1-2-3-11-8-14(25,15(17,18)19)22(21-11)13(24)12(23)20-10-6-4-9(16)5-7-10/h4-7,25H,2-3,8H2,1H3,(H,20,23)/t14-/m1/s1. The van der Waals surface area contributed by atoms with E-state index in [1.807, 2.05) is 0 Å². The van der Waals surface area contributed by atoms with E-state index in [1.54, 1.807) is 19.1 Å². The van der Waals surface area contributed by atoms with E-state index in [2.05, 4.69) is 26.3 Å². The molecule has 0 spiro atoms. The van der Waals surface area contributed by atoms with E-state index >= 15 is 0 Å². The molecule has 1 aliphatic rings. The summed E-state index contributed by atoms with van der Waals surface area (Å²) in [5.41, 5.74) is -3.30. The first-order chi connectivity index (χ1) is 11.6. The number of aliphatic hydroxyl groups is 1. The Labute approximate surface area is 149 Å². The lowest BCUT2D eigenvalue weighted by Crippen LogP contribution is -2.58. The monoisotopic (exact) mass is 421 g/mol. The number of alkyl halides is 3. The second-order valence-corrected chi connectivity index (χ2v) is 6.40. The van der Waals surface area contributed by atoms with Gasteiger partial charge in [0, 0.05) is 22.3 Å². The van der Waals surface area contributed by atoms with Gasteiger partial charge in [-0.25, -0.2) is 0 Å². The van der Waals surface area contributed by atoms with Crippen LogP contribution in [0.15, 0.2) is 33.8 Å². The minimum absolute atomic E-state index is 0.00659. The van der Waals surface area contributed by atoms with Gasteiger partial charge in [0.1, 0.15) is 0 Å². The number of hydrogen-bond donors (Lipinski definition) is 2. The van der Waals surface area contributed by atoms with Crippen molar-refractivity contribution in [3.05, 3.63) is 28.7 Å². The molecule has 1 aromatic carbocycles. The average molecular weight is 422 g/mol. The summed E-state index contributed by atoms with van der Waals surface area (Å²) >= 11 is 3.19. The van der Waals surface area contributed by atoms with Crippen LogP contribution in [0.1, 0.15) is 26.2 Å². The molecule has 0 radical (unpaired) electrons. The number of halogens is 4. The first kappa shape index (κ1) is 19.4. The van der Waals surface area contributed by atoms with E-state index in [9.17, 15) is 27.9 Å². The predicted octanol–water partition coefficient (Wildman–Crippen LogP) is 3.03. The number of benzene rings is 1. The fourth-order valence-corrected chi connectivity index (χ4v) is 2.56. The van der Waals surface area contributed by atoms with Crippen molar-refractivity contribution in [2.75, 3.05) is 5.32 Å². The Bertz CT molecular complexity index is 706. The second kappa shape index (κ2) is 7.12. The molecule has 1 atom stereocenters. The summed E-state index contributed by atoms with van der Waals surface area (Å²) in [6.45, 7) is 1.72. The summed E-state index contributed by atoms with van der Waals surface area (Å²) < 4.78 is 40.5. The number of hydrogen-bond acceptors (Lipinski definition) is 4. The molecule has 0 saturated heterocycles. The first-order valence-electron chi connectivity index (χ1n) is 7.35. The maximum absolute atomic E-state index is 13.2. The Kier molecular flexibility index (Phi) is 5.52. The number of nitrogens with zero attached hydrogens (tertiary/aromatic N) is 2. The number of rotatable bonds is 3. The van der Waals surface area contributed by atoms with Gasteiger partial charge >= 0.3 is 18.0 Å². The van der Waals surface area contributed by atoms with Crippen LogP contribution in [0.25, 0.3) is 0 Å².